The number of hydrogen-bond acceptors (Lipinski definition) is 4. The molecule has 1 aromatic heterocycles. The number of anilines is 1. The Morgan fingerprint density at radius 2 is 2.19 bits per heavy atom. The number of nitrogens with zero attached hydrogens (tertiary/aromatic N) is 2. The van der Waals surface area contributed by atoms with Crippen molar-refractivity contribution in [2.75, 3.05) is 19.5 Å². The first-order valence-corrected chi connectivity index (χ1v) is 7.68. The van der Waals surface area contributed by atoms with Crippen LogP contribution in [-0.2, 0) is 7.05 Å². The molecule has 1 aliphatic carbocycles. The van der Waals surface area contributed by atoms with Gasteiger partial charge < -0.3 is 15.2 Å². The zero-order valence-corrected chi connectivity index (χ0v) is 13.7. The third-order valence-electron chi connectivity index (χ3n) is 3.70. The van der Waals surface area contributed by atoms with Crippen LogP contribution in [0.1, 0.15) is 12.8 Å². The summed E-state index contributed by atoms with van der Waals surface area (Å²) in [6.07, 6.45) is 4.22. The Labute approximate surface area is 132 Å². The lowest BCUT2D eigenvalue weighted by molar-refractivity contribution is 0.281. The fourth-order valence-electron chi connectivity index (χ4n) is 2.22. The summed E-state index contributed by atoms with van der Waals surface area (Å²) in [6, 6.07) is 3.83. The standard InChI is InChI=1S/C15H18BrN3O2/c1-19-15(17)10(7-18-19)13-11(16)5-6-12(20-2)14(13)21-8-9-3-4-9/h5-7,9H,3-4,8,17H2,1-2H3. The van der Waals surface area contributed by atoms with E-state index in [-0.39, 0.29) is 0 Å². The summed E-state index contributed by atoms with van der Waals surface area (Å²) >= 11 is 3.59. The molecule has 1 fully saturated rings. The molecule has 0 unspecified atom stereocenters. The summed E-state index contributed by atoms with van der Waals surface area (Å²) in [5.74, 6) is 2.68. The fourth-order valence-corrected chi connectivity index (χ4v) is 2.75. The SMILES string of the molecule is COc1ccc(Br)c(-c2cnn(C)c2N)c1OCC1CC1. The van der Waals surface area contributed by atoms with Crippen LogP contribution in [-0.4, -0.2) is 23.5 Å². The Morgan fingerprint density at radius 3 is 2.76 bits per heavy atom. The number of ether oxygens (including phenoxy) is 2. The number of nitrogen functional groups attached to an aromatic ring is 1. The molecule has 1 aromatic carbocycles. The van der Waals surface area contributed by atoms with Crippen molar-refractivity contribution in [3.8, 4) is 22.6 Å². The van der Waals surface area contributed by atoms with Crippen LogP contribution in [0.3, 0.4) is 0 Å². The Kier molecular flexibility index (Phi) is 3.80. The summed E-state index contributed by atoms with van der Waals surface area (Å²) in [5, 5.41) is 4.21. The highest BCUT2D eigenvalue weighted by Gasteiger charge is 2.25. The highest BCUT2D eigenvalue weighted by molar-refractivity contribution is 9.10. The molecule has 1 saturated carbocycles. The van der Waals surface area contributed by atoms with Crippen molar-refractivity contribution in [3.63, 3.8) is 0 Å². The maximum Gasteiger partial charge on any atom is 0.170 e. The molecule has 0 bridgehead atoms. The predicted molar refractivity (Wildman–Crippen MR) is 85.5 cm³/mol. The minimum absolute atomic E-state index is 0.597. The summed E-state index contributed by atoms with van der Waals surface area (Å²) in [6.45, 7) is 0.708. The molecule has 0 radical (unpaired) electrons. The minimum atomic E-state index is 0.597. The quantitative estimate of drug-likeness (QED) is 0.898. The van der Waals surface area contributed by atoms with Crippen LogP contribution in [0.5, 0.6) is 11.5 Å². The van der Waals surface area contributed by atoms with Gasteiger partial charge >= 0.3 is 0 Å². The van der Waals surface area contributed by atoms with Crippen molar-refractivity contribution in [1.29, 1.82) is 0 Å². The van der Waals surface area contributed by atoms with Crippen LogP contribution in [0.15, 0.2) is 22.8 Å². The molecule has 0 saturated heterocycles. The van der Waals surface area contributed by atoms with Gasteiger partial charge in [-0.25, -0.2) is 0 Å². The van der Waals surface area contributed by atoms with Gasteiger partial charge in [-0.3, -0.25) is 4.68 Å². The normalized spacial score (nSPS) is 14.2. The monoisotopic (exact) mass is 351 g/mol. The van der Waals surface area contributed by atoms with Gasteiger partial charge in [0.05, 0.1) is 19.9 Å². The first-order valence-electron chi connectivity index (χ1n) is 6.89. The molecule has 6 heteroatoms. The molecule has 3 rings (SSSR count). The Hall–Kier alpha value is -1.69. The summed E-state index contributed by atoms with van der Waals surface area (Å²) in [5.41, 5.74) is 7.85. The van der Waals surface area contributed by atoms with Crippen LogP contribution in [0.25, 0.3) is 11.1 Å². The molecule has 21 heavy (non-hydrogen) atoms. The van der Waals surface area contributed by atoms with Crippen LogP contribution in [0.4, 0.5) is 5.82 Å². The third-order valence-corrected chi connectivity index (χ3v) is 4.37. The second kappa shape index (κ2) is 5.60. The molecule has 0 aliphatic heterocycles. The van der Waals surface area contributed by atoms with Crippen molar-refractivity contribution in [1.82, 2.24) is 9.78 Å². The Bertz CT molecular complexity index is 665. The van der Waals surface area contributed by atoms with Gasteiger partial charge in [-0.15, -0.1) is 0 Å². The van der Waals surface area contributed by atoms with Gasteiger partial charge in [-0.05, 0) is 30.9 Å². The average molecular weight is 352 g/mol. The van der Waals surface area contributed by atoms with Crippen molar-refractivity contribution in [2.45, 2.75) is 12.8 Å². The molecule has 0 amide bonds. The third kappa shape index (κ3) is 2.72. The van der Waals surface area contributed by atoms with Crippen LogP contribution in [0, 0.1) is 5.92 Å². The second-order valence-electron chi connectivity index (χ2n) is 5.28. The van der Waals surface area contributed by atoms with Crippen molar-refractivity contribution < 1.29 is 9.47 Å². The maximum atomic E-state index is 6.12. The van der Waals surface area contributed by atoms with Crippen molar-refractivity contribution in [3.05, 3.63) is 22.8 Å². The number of halogens is 1. The lowest BCUT2D eigenvalue weighted by atomic mass is 10.1. The van der Waals surface area contributed by atoms with E-state index in [0.717, 1.165) is 21.3 Å². The number of methoxy groups -OCH3 is 1. The highest BCUT2D eigenvalue weighted by atomic mass is 79.9. The lowest BCUT2D eigenvalue weighted by Crippen LogP contribution is -2.04. The van der Waals surface area contributed by atoms with E-state index in [1.54, 1.807) is 18.0 Å². The molecule has 2 N–H and O–H groups in total. The van der Waals surface area contributed by atoms with Gasteiger partial charge in [0, 0.05) is 22.6 Å². The van der Waals surface area contributed by atoms with Gasteiger partial charge in [0.25, 0.3) is 0 Å². The lowest BCUT2D eigenvalue weighted by Gasteiger charge is -2.16. The van der Waals surface area contributed by atoms with E-state index in [4.69, 9.17) is 15.2 Å². The van der Waals surface area contributed by atoms with E-state index in [9.17, 15) is 0 Å². The Balaban J connectivity index is 2.09. The number of hydrogen-bond donors (Lipinski definition) is 1. The van der Waals surface area contributed by atoms with E-state index in [1.807, 2.05) is 19.2 Å². The molecule has 112 valence electrons. The van der Waals surface area contributed by atoms with E-state index in [0.29, 0.717) is 24.1 Å². The summed E-state index contributed by atoms with van der Waals surface area (Å²) in [7, 11) is 3.46. The molecule has 0 spiro atoms. The first kappa shape index (κ1) is 14.3. The highest BCUT2D eigenvalue weighted by Crippen LogP contribution is 2.45. The largest absolute Gasteiger partial charge is 0.493 e. The first-order chi connectivity index (χ1) is 10.1. The number of aryl methyl sites for hydroxylation is 1. The van der Waals surface area contributed by atoms with Gasteiger partial charge in [0.1, 0.15) is 5.82 Å². The molecule has 5 nitrogen and oxygen atoms in total. The summed E-state index contributed by atoms with van der Waals surface area (Å²) < 4.78 is 14.0. The van der Waals surface area contributed by atoms with Crippen LogP contribution < -0.4 is 15.2 Å². The number of aromatic nitrogens is 2. The zero-order chi connectivity index (χ0) is 15.0. The molecular formula is C15H18BrN3O2. The molecule has 2 aromatic rings. The van der Waals surface area contributed by atoms with Crippen LogP contribution >= 0.6 is 15.9 Å². The van der Waals surface area contributed by atoms with E-state index >= 15 is 0 Å². The molecule has 1 aliphatic rings. The maximum absolute atomic E-state index is 6.12. The Morgan fingerprint density at radius 1 is 1.43 bits per heavy atom. The number of benzene rings is 1. The van der Waals surface area contributed by atoms with Crippen molar-refractivity contribution >= 4 is 21.7 Å². The molecular weight excluding hydrogens is 334 g/mol. The van der Waals surface area contributed by atoms with E-state index < -0.39 is 0 Å². The van der Waals surface area contributed by atoms with Gasteiger partial charge in [-0.1, -0.05) is 15.9 Å². The smallest absolute Gasteiger partial charge is 0.170 e. The minimum Gasteiger partial charge on any atom is -0.493 e. The number of nitrogens with two attached hydrogens (primary N) is 1. The summed E-state index contributed by atoms with van der Waals surface area (Å²) in [4.78, 5) is 0. The van der Waals surface area contributed by atoms with E-state index in [2.05, 4.69) is 21.0 Å². The predicted octanol–water partition coefficient (Wildman–Crippen LogP) is 3.23. The second-order valence-corrected chi connectivity index (χ2v) is 6.13. The molecule has 1 heterocycles. The average Bonchev–Trinajstić information content (AvgIpc) is 3.25. The van der Waals surface area contributed by atoms with Crippen LogP contribution in [0.2, 0.25) is 0 Å². The van der Waals surface area contributed by atoms with Crippen molar-refractivity contribution in [2.24, 2.45) is 13.0 Å². The van der Waals surface area contributed by atoms with Gasteiger partial charge in [-0.2, -0.15) is 5.10 Å². The van der Waals surface area contributed by atoms with Gasteiger partial charge in [0.15, 0.2) is 11.5 Å². The topological polar surface area (TPSA) is 62.3 Å². The molecule has 0 atom stereocenters. The number of rotatable bonds is 5. The zero-order valence-electron chi connectivity index (χ0n) is 12.1. The fraction of sp³-hybridized carbons (Fsp3) is 0.400. The van der Waals surface area contributed by atoms with Gasteiger partial charge in [0.2, 0.25) is 0 Å². The van der Waals surface area contributed by atoms with E-state index in [1.165, 1.54) is 12.8 Å².